The number of ether oxygens (including phenoxy) is 2. The van der Waals surface area contributed by atoms with E-state index in [1.54, 1.807) is 42.1 Å². The Labute approximate surface area is 228 Å². The Morgan fingerprint density at radius 3 is 2.12 bits per heavy atom. The van der Waals surface area contributed by atoms with Crippen LogP contribution in [-0.4, -0.2) is 55.2 Å². The van der Waals surface area contributed by atoms with Crippen molar-refractivity contribution in [1.29, 1.82) is 0 Å². The molecule has 0 radical (unpaired) electrons. The first-order valence-electron chi connectivity index (χ1n) is 12.9. The number of alkyl halides is 3. The zero-order chi connectivity index (χ0) is 28.1. The highest BCUT2D eigenvalue weighted by Crippen LogP contribution is 2.44. The Balaban J connectivity index is 1.00. The molecule has 2 saturated heterocycles. The molecule has 1 N–H and O–H groups in total. The van der Waals surface area contributed by atoms with E-state index >= 15 is 0 Å². The summed E-state index contributed by atoms with van der Waals surface area (Å²) in [6.07, 6.45) is -2.92. The van der Waals surface area contributed by atoms with Crippen LogP contribution in [0.3, 0.4) is 0 Å². The number of hydrogen-bond acceptors (Lipinski definition) is 6. The third-order valence-corrected chi connectivity index (χ3v) is 7.54. The molecule has 208 valence electrons. The molecule has 0 atom stereocenters. The highest BCUT2D eigenvalue weighted by Gasteiger charge is 2.51. The number of nitrogens with zero attached hydrogens (tertiary/aromatic N) is 4. The van der Waals surface area contributed by atoms with Crippen molar-refractivity contribution in [2.75, 3.05) is 43.1 Å². The minimum Gasteiger partial charge on any atom is -0.497 e. The number of amides is 1. The molecule has 4 aromatic rings. The summed E-state index contributed by atoms with van der Waals surface area (Å²) in [5.41, 5.74) is 5.08. The highest BCUT2D eigenvalue weighted by molar-refractivity contribution is 6.02. The molecule has 2 aliphatic rings. The third kappa shape index (κ3) is 4.99. The molecule has 0 aliphatic carbocycles. The van der Waals surface area contributed by atoms with Crippen LogP contribution in [0.1, 0.15) is 21.6 Å². The van der Waals surface area contributed by atoms with Gasteiger partial charge in [-0.05, 0) is 55.0 Å². The Morgan fingerprint density at radius 1 is 0.950 bits per heavy atom. The van der Waals surface area contributed by atoms with Crippen molar-refractivity contribution in [2.45, 2.75) is 19.8 Å². The van der Waals surface area contributed by atoms with E-state index in [1.165, 1.54) is 12.1 Å². The lowest BCUT2D eigenvalue weighted by Gasteiger charge is -2.61. The van der Waals surface area contributed by atoms with Gasteiger partial charge in [-0.25, -0.2) is 4.52 Å². The van der Waals surface area contributed by atoms with Crippen LogP contribution >= 0.6 is 0 Å². The molecular formula is C29H28F3N5O3. The van der Waals surface area contributed by atoms with Gasteiger partial charge >= 0.3 is 6.36 Å². The SMILES string of the molecule is COc1ccn2nc(C)c(C(=O)NCc3ccc(N4CC5(C4)CN(c4ccc(OC(F)(F)F)cc4)C5)cc3)c2c1. The normalized spacial score (nSPS) is 16.0. The van der Waals surface area contributed by atoms with Crippen LogP contribution in [0.25, 0.3) is 5.52 Å². The first-order chi connectivity index (χ1) is 19.1. The van der Waals surface area contributed by atoms with E-state index in [2.05, 4.69) is 37.1 Å². The lowest BCUT2D eigenvalue weighted by Crippen LogP contribution is -2.72. The molecular weight excluding hydrogens is 523 g/mol. The van der Waals surface area contributed by atoms with E-state index in [9.17, 15) is 18.0 Å². The summed E-state index contributed by atoms with van der Waals surface area (Å²) in [7, 11) is 1.59. The number of aryl methyl sites for hydroxylation is 1. The van der Waals surface area contributed by atoms with Gasteiger partial charge in [-0.2, -0.15) is 5.10 Å². The monoisotopic (exact) mass is 551 g/mol. The lowest BCUT2D eigenvalue weighted by molar-refractivity contribution is -0.274. The number of benzene rings is 2. The van der Waals surface area contributed by atoms with Crippen LogP contribution in [0.4, 0.5) is 24.5 Å². The molecule has 6 rings (SSSR count). The van der Waals surface area contributed by atoms with Gasteiger partial charge in [0.2, 0.25) is 0 Å². The molecule has 4 heterocycles. The fourth-order valence-electron chi connectivity index (χ4n) is 5.60. The van der Waals surface area contributed by atoms with Crippen LogP contribution in [0.5, 0.6) is 11.5 Å². The van der Waals surface area contributed by atoms with E-state index in [-0.39, 0.29) is 17.1 Å². The number of methoxy groups -OCH3 is 1. The summed E-state index contributed by atoms with van der Waals surface area (Å²) < 4.78 is 48.0. The molecule has 0 saturated carbocycles. The number of fused-ring (bicyclic) bond motifs is 1. The standard InChI is InChI=1S/C29H28F3N5O3/c1-19-26(25-13-24(39-2)11-12-37(25)34-19)27(38)33-14-20-3-5-21(6-4-20)35-15-28(16-35)17-36(18-28)22-7-9-23(10-8-22)40-29(30,31)32/h3-13H,14-18H2,1-2H3,(H,33,38). The zero-order valence-electron chi connectivity index (χ0n) is 22.0. The fourth-order valence-corrected chi connectivity index (χ4v) is 5.60. The quantitative estimate of drug-likeness (QED) is 0.356. The Hall–Kier alpha value is -4.41. The van der Waals surface area contributed by atoms with E-state index in [0.717, 1.165) is 43.1 Å². The second-order valence-electron chi connectivity index (χ2n) is 10.5. The third-order valence-electron chi connectivity index (χ3n) is 7.54. The van der Waals surface area contributed by atoms with Crippen molar-refractivity contribution >= 4 is 22.8 Å². The van der Waals surface area contributed by atoms with Gasteiger partial charge in [0, 0.05) is 61.8 Å². The minimum absolute atomic E-state index is 0.188. The predicted molar refractivity (Wildman–Crippen MR) is 144 cm³/mol. The van der Waals surface area contributed by atoms with Crippen LogP contribution in [0.15, 0.2) is 66.9 Å². The van der Waals surface area contributed by atoms with Gasteiger partial charge in [0.1, 0.15) is 11.5 Å². The summed E-state index contributed by atoms with van der Waals surface area (Å²) in [6.45, 7) is 5.78. The van der Waals surface area contributed by atoms with Crippen LogP contribution in [0, 0.1) is 12.3 Å². The number of hydrogen-bond donors (Lipinski definition) is 1. The average molecular weight is 552 g/mol. The average Bonchev–Trinajstić information content (AvgIpc) is 3.21. The Kier molecular flexibility index (Phi) is 6.24. The first-order valence-corrected chi connectivity index (χ1v) is 12.9. The van der Waals surface area contributed by atoms with Gasteiger partial charge in [0.25, 0.3) is 5.91 Å². The van der Waals surface area contributed by atoms with Crippen molar-refractivity contribution in [3.63, 3.8) is 0 Å². The van der Waals surface area contributed by atoms with Crippen molar-refractivity contribution in [1.82, 2.24) is 14.9 Å². The van der Waals surface area contributed by atoms with Crippen LogP contribution in [0.2, 0.25) is 0 Å². The number of aromatic nitrogens is 2. The maximum Gasteiger partial charge on any atom is 0.573 e. The number of nitrogens with one attached hydrogen (secondary N) is 1. The summed E-state index contributed by atoms with van der Waals surface area (Å²) in [4.78, 5) is 17.5. The van der Waals surface area contributed by atoms with E-state index in [4.69, 9.17) is 4.74 Å². The molecule has 40 heavy (non-hydrogen) atoms. The van der Waals surface area contributed by atoms with Gasteiger partial charge in [-0.3, -0.25) is 4.79 Å². The molecule has 2 aromatic heterocycles. The zero-order valence-corrected chi connectivity index (χ0v) is 22.0. The van der Waals surface area contributed by atoms with Gasteiger partial charge < -0.3 is 24.6 Å². The molecule has 2 fully saturated rings. The largest absolute Gasteiger partial charge is 0.573 e. The molecule has 11 heteroatoms. The summed E-state index contributed by atoms with van der Waals surface area (Å²) in [5.74, 6) is 0.259. The Bertz CT molecular complexity index is 1540. The van der Waals surface area contributed by atoms with Gasteiger partial charge in [-0.1, -0.05) is 12.1 Å². The van der Waals surface area contributed by atoms with Gasteiger partial charge in [0.05, 0.1) is 23.9 Å². The van der Waals surface area contributed by atoms with E-state index in [1.807, 2.05) is 19.1 Å². The first kappa shape index (κ1) is 25.8. The predicted octanol–water partition coefficient (Wildman–Crippen LogP) is 4.81. The van der Waals surface area contributed by atoms with E-state index in [0.29, 0.717) is 29.1 Å². The number of pyridine rings is 1. The molecule has 0 bridgehead atoms. The number of carbonyl (C=O) groups is 1. The summed E-state index contributed by atoms with van der Waals surface area (Å²) in [6, 6.07) is 17.8. The maximum absolute atomic E-state index is 13.0. The molecule has 0 unspecified atom stereocenters. The second-order valence-corrected chi connectivity index (χ2v) is 10.5. The highest BCUT2D eigenvalue weighted by atomic mass is 19.4. The van der Waals surface area contributed by atoms with Crippen LogP contribution in [-0.2, 0) is 6.54 Å². The molecule has 1 amide bonds. The Morgan fingerprint density at radius 2 is 1.55 bits per heavy atom. The number of anilines is 2. The van der Waals surface area contributed by atoms with Crippen LogP contribution < -0.4 is 24.6 Å². The number of rotatable bonds is 7. The van der Waals surface area contributed by atoms with Crippen molar-refractivity contribution in [3.8, 4) is 11.5 Å². The van der Waals surface area contributed by atoms with Crippen molar-refractivity contribution in [2.24, 2.45) is 5.41 Å². The number of halogens is 3. The summed E-state index contributed by atoms with van der Waals surface area (Å²) in [5, 5.41) is 7.42. The maximum atomic E-state index is 13.0. The minimum atomic E-state index is -4.69. The smallest absolute Gasteiger partial charge is 0.497 e. The lowest BCUT2D eigenvalue weighted by atomic mass is 9.72. The molecule has 1 spiro atoms. The number of carbonyl (C=O) groups excluding carboxylic acids is 1. The second kappa shape index (κ2) is 9.65. The van der Waals surface area contributed by atoms with Gasteiger partial charge in [-0.15, -0.1) is 13.2 Å². The molecule has 2 aromatic carbocycles. The topological polar surface area (TPSA) is 71.3 Å². The summed E-state index contributed by atoms with van der Waals surface area (Å²) >= 11 is 0. The fraction of sp³-hybridized carbons (Fsp3) is 0.310. The van der Waals surface area contributed by atoms with E-state index < -0.39 is 6.36 Å². The van der Waals surface area contributed by atoms with Crippen molar-refractivity contribution < 1.29 is 27.4 Å². The van der Waals surface area contributed by atoms with Gasteiger partial charge in [0.15, 0.2) is 0 Å². The van der Waals surface area contributed by atoms with Crippen molar-refractivity contribution in [3.05, 3.63) is 83.7 Å². The molecule has 2 aliphatic heterocycles. The molecule has 8 nitrogen and oxygen atoms in total.